The minimum Gasteiger partial charge on any atom is -0.492 e. The quantitative estimate of drug-likeness (QED) is 0.735. The van der Waals surface area contributed by atoms with Crippen molar-refractivity contribution in [1.82, 2.24) is 10.9 Å². The topological polar surface area (TPSA) is 102 Å². The third-order valence-corrected chi connectivity index (χ3v) is 6.21. The van der Waals surface area contributed by atoms with Crippen LogP contribution in [-0.2, 0) is 25.8 Å². The Hall–Kier alpha value is -1.80. The molecule has 9 heteroatoms. The van der Waals surface area contributed by atoms with E-state index in [0.29, 0.717) is 17.2 Å². The molecule has 1 saturated heterocycles. The highest BCUT2D eigenvalue weighted by atomic mass is 35.5. The highest BCUT2D eigenvalue weighted by Crippen LogP contribution is 2.29. The molecule has 0 aliphatic carbocycles. The van der Waals surface area contributed by atoms with Crippen LogP contribution in [0.5, 0.6) is 5.75 Å². The van der Waals surface area contributed by atoms with Crippen molar-refractivity contribution in [2.45, 2.75) is 12.8 Å². The smallest absolute Gasteiger partial charge is 0.245 e. The Kier molecular flexibility index (Phi) is 4.69. The molecule has 3 rings (SSSR count). The maximum Gasteiger partial charge on any atom is 0.245 e. The first kappa shape index (κ1) is 17.0. The van der Waals surface area contributed by atoms with Crippen molar-refractivity contribution in [2.24, 2.45) is 11.8 Å². The highest BCUT2D eigenvalue weighted by molar-refractivity contribution is 7.91. The average molecular weight is 373 g/mol. The standard InChI is InChI=1S/C15H17ClN2O5S/c16-12-1-2-13-10(6-12)5-11(7-23-13)15(20)18-17-14(19)9-3-4-24(21,22)8-9/h1-2,6,9,11H,3-5,7-8H2,(H,17,19)(H,18,20)/t9-,11-/m0/s1. The van der Waals surface area contributed by atoms with Crippen molar-refractivity contribution >= 4 is 33.3 Å². The maximum atomic E-state index is 12.2. The molecule has 2 N–H and O–H groups in total. The number of ether oxygens (including phenoxy) is 1. The van der Waals surface area contributed by atoms with E-state index < -0.39 is 27.6 Å². The summed E-state index contributed by atoms with van der Waals surface area (Å²) >= 11 is 5.94. The van der Waals surface area contributed by atoms with Gasteiger partial charge in [-0.2, -0.15) is 0 Å². The van der Waals surface area contributed by atoms with Gasteiger partial charge in [0.05, 0.1) is 23.3 Å². The lowest BCUT2D eigenvalue weighted by Crippen LogP contribution is -2.49. The molecule has 1 aromatic rings. The van der Waals surface area contributed by atoms with Crippen LogP contribution in [0.15, 0.2) is 18.2 Å². The van der Waals surface area contributed by atoms with Crippen LogP contribution >= 0.6 is 11.6 Å². The molecule has 2 aliphatic rings. The van der Waals surface area contributed by atoms with Gasteiger partial charge in [0.1, 0.15) is 12.4 Å². The number of rotatable bonds is 2. The number of amides is 2. The fraction of sp³-hybridized carbons (Fsp3) is 0.467. The van der Waals surface area contributed by atoms with Gasteiger partial charge < -0.3 is 4.74 Å². The number of fused-ring (bicyclic) bond motifs is 1. The second-order valence-corrected chi connectivity index (χ2v) is 8.71. The Bertz CT molecular complexity index is 780. The van der Waals surface area contributed by atoms with Crippen LogP contribution in [0.4, 0.5) is 0 Å². The van der Waals surface area contributed by atoms with E-state index in [9.17, 15) is 18.0 Å². The first-order chi connectivity index (χ1) is 11.3. The van der Waals surface area contributed by atoms with Crippen LogP contribution in [0.25, 0.3) is 0 Å². The van der Waals surface area contributed by atoms with E-state index in [1.165, 1.54) is 0 Å². The molecular formula is C15H17ClN2O5S. The molecule has 0 bridgehead atoms. The van der Waals surface area contributed by atoms with E-state index in [1.807, 2.05) is 0 Å². The summed E-state index contributed by atoms with van der Waals surface area (Å²) in [6, 6.07) is 5.23. The summed E-state index contributed by atoms with van der Waals surface area (Å²) in [5.41, 5.74) is 5.50. The van der Waals surface area contributed by atoms with E-state index in [2.05, 4.69) is 10.9 Å². The zero-order chi connectivity index (χ0) is 17.3. The summed E-state index contributed by atoms with van der Waals surface area (Å²) in [6.07, 6.45) is 0.734. The molecule has 0 unspecified atom stereocenters. The molecule has 0 spiro atoms. The molecule has 24 heavy (non-hydrogen) atoms. The molecule has 1 fully saturated rings. The molecule has 1 aromatic carbocycles. The summed E-state index contributed by atoms with van der Waals surface area (Å²) in [5.74, 6) is -1.40. The number of hydrazine groups is 1. The summed E-state index contributed by atoms with van der Waals surface area (Å²) < 4.78 is 28.3. The van der Waals surface area contributed by atoms with Crippen LogP contribution in [0.2, 0.25) is 5.02 Å². The Morgan fingerprint density at radius 1 is 1.17 bits per heavy atom. The third kappa shape index (κ3) is 3.81. The predicted molar refractivity (Wildman–Crippen MR) is 87.2 cm³/mol. The maximum absolute atomic E-state index is 12.2. The van der Waals surface area contributed by atoms with Crippen LogP contribution < -0.4 is 15.6 Å². The van der Waals surface area contributed by atoms with E-state index >= 15 is 0 Å². The fourth-order valence-corrected chi connectivity index (χ4v) is 4.80. The second-order valence-electron chi connectivity index (χ2n) is 6.04. The molecule has 0 saturated carbocycles. The third-order valence-electron chi connectivity index (χ3n) is 4.21. The van der Waals surface area contributed by atoms with E-state index in [4.69, 9.17) is 16.3 Å². The highest BCUT2D eigenvalue weighted by Gasteiger charge is 2.33. The monoisotopic (exact) mass is 372 g/mol. The minimum atomic E-state index is -3.14. The van der Waals surface area contributed by atoms with Crippen molar-refractivity contribution in [3.8, 4) is 5.75 Å². The summed E-state index contributed by atoms with van der Waals surface area (Å²) in [6.45, 7) is 0.203. The van der Waals surface area contributed by atoms with Crippen LogP contribution in [-0.4, -0.2) is 38.3 Å². The van der Waals surface area contributed by atoms with E-state index in [1.54, 1.807) is 18.2 Å². The minimum absolute atomic E-state index is 0.00699. The Labute approximate surface area is 144 Å². The van der Waals surface area contributed by atoms with Crippen LogP contribution in [0.1, 0.15) is 12.0 Å². The molecule has 7 nitrogen and oxygen atoms in total. The van der Waals surface area contributed by atoms with E-state index in [-0.39, 0.29) is 30.4 Å². The molecular weight excluding hydrogens is 356 g/mol. The lowest BCUT2D eigenvalue weighted by molar-refractivity contribution is -0.133. The second kappa shape index (κ2) is 6.60. The zero-order valence-electron chi connectivity index (χ0n) is 12.7. The van der Waals surface area contributed by atoms with Gasteiger partial charge in [0.25, 0.3) is 0 Å². The molecule has 0 radical (unpaired) electrons. The normalized spacial score (nSPS) is 24.5. The number of halogens is 1. The lowest BCUT2D eigenvalue weighted by atomic mass is 9.96. The van der Waals surface area contributed by atoms with Gasteiger partial charge in [-0.3, -0.25) is 20.4 Å². The first-order valence-corrected chi connectivity index (χ1v) is 9.75. The number of carbonyl (C=O) groups is 2. The molecule has 2 aliphatic heterocycles. The Morgan fingerprint density at radius 3 is 2.54 bits per heavy atom. The van der Waals surface area contributed by atoms with Crippen molar-refractivity contribution in [1.29, 1.82) is 0 Å². The molecule has 130 valence electrons. The van der Waals surface area contributed by atoms with Gasteiger partial charge in [0.15, 0.2) is 9.84 Å². The molecule has 2 atom stereocenters. The zero-order valence-corrected chi connectivity index (χ0v) is 14.3. The SMILES string of the molecule is O=C(NNC(=O)[C@H]1CCS(=O)(=O)C1)[C@@H]1COc2ccc(Cl)cc2C1. The van der Waals surface area contributed by atoms with E-state index in [0.717, 1.165) is 5.56 Å². The number of nitrogens with one attached hydrogen (secondary N) is 2. The number of hydrogen-bond donors (Lipinski definition) is 2. The summed E-state index contributed by atoms with van der Waals surface area (Å²) in [5, 5.41) is 0.564. The fourth-order valence-electron chi connectivity index (χ4n) is 2.86. The number of benzene rings is 1. The van der Waals surface area contributed by atoms with Gasteiger partial charge in [-0.05, 0) is 36.6 Å². The first-order valence-electron chi connectivity index (χ1n) is 7.55. The number of carbonyl (C=O) groups excluding carboxylic acids is 2. The van der Waals surface area contributed by atoms with Gasteiger partial charge >= 0.3 is 0 Å². The number of hydrogen-bond acceptors (Lipinski definition) is 5. The largest absolute Gasteiger partial charge is 0.492 e. The van der Waals surface area contributed by atoms with Gasteiger partial charge in [-0.1, -0.05) is 11.6 Å². The molecule has 2 amide bonds. The van der Waals surface area contributed by atoms with Crippen LogP contribution in [0.3, 0.4) is 0 Å². The summed E-state index contributed by atoms with van der Waals surface area (Å²) in [7, 11) is -3.14. The van der Waals surface area contributed by atoms with Gasteiger partial charge in [0.2, 0.25) is 11.8 Å². The average Bonchev–Trinajstić information content (AvgIpc) is 2.91. The van der Waals surface area contributed by atoms with Gasteiger partial charge in [-0.15, -0.1) is 0 Å². The van der Waals surface area contributed by atoms with Crippen LogP contribution in [0, 0.1) is 11.8 Å². The lowest BCUT2D eigenvalue weighted by Gasteiger charge is -2.25. The predicted octanol–water partition coefficient (Wildman–Crippen LogP) is 0.473. The van der Waals surface area contributed by atoms with Crippen molar-refractivity contribution in [3.63, 3.8) is 0 Å². The molecule has 0 aromatic heterocycles. The van der Waals surface area contributed by atoms with Gasteiger partial charge in [0, 0.05) is 5.02 Å². The number of sulfone groups is 1. The Morgan fingerprint density at radius 2 is 1.88 bits per heavy atom. The van der Waals surface area contributed by atoms with Crippen molar-refractivity contribution in [2.75, 3.05) is 18.1 Å². The molecule has 2 heterocycles. The Balaban J connectivity index is 1.54. The van der Waals surface area contributed by atoms with Crippen molar-refractivity contribution in [3.05, 3.63) is 28.8 Å². The van der Waals surface area contributed by atoms with Gasteiger partial charge in [-0.25, -0.2) is 8.42 Å². The van der Waals surface area contributed by atoms with Crippen molar-refractivity contribution < 1.29 is 22.7 Å². The summed E-state index contributed by atoms with van der Waals surface area (Å²) in [4.78, 5) is 24.1.